The van der Waals surface area contributed by atoms with Crippen molar-refractivity contribution in [1.29, 1.82) is 0 Å². The van der Waals surface area contributed by atoms with E-state index in [9.17, 15) is 4.79 Å². The number of imidazole rings is 1. The van der Waals surface area contributed by atoms with Crippen molar-refractivity contribution in [3.05, 3.63) is 77.6 Å². The van der Waals surface area contributed by atoms with Gasteiger partial charge in [-0.05, 0) is 61.2 Å². The van der Waals surface area contributed by atoms with Crippen LogP contribution < -0.4 is 14.8 Å². The van der Waals surface area contributed by atoms with E-state index in [4.69, 9.17) is 9.47 Å². The van der Waals surface area contributed by atoms with E-state index in [0.717, 1.165) is 51.7 Å². The molecule has 0 radical (unpaired) electrons. The largest absolute Gasteiger partial charge is 0.493 e. The molecule has 2 N–H and O–H groups in total. The zero-order valence-electron chi connectivity index (χ0n) is 18.7. The number of aromatic amines is 1. The summed E-state index contributed by atoms with van der Waals surface area (Å²) in [5, 5.41) is 2.81. The molecule has 1 aromatic carbocycles. The molecule has 3 aromatic heterocycles. The number of carbonyl (C=O) groups excluding carboxylic acids is 1. The first kappa shape index (κ1) is 20.4. The van der Waals surface area contributed by atoms with Gasteiger partial charge >= 0.3 is 0 Å². The molecule has 34 heavy (non-hydrogen) atoms. The minimum absolute atomic E-state index is 0.0196. The molecule has 0 fully saturated rings. The monoisotopic (exact) mass is 453 g/mol. The van der Waals surface area contributed by atoms with Crippen molar-refractivity contribution >= 4 is 11.7 Å². The number of rotatable bonds is 4. The molecule has 1 amide bonds. The molecule has 1 unspecified atom stereocenters. The van der Waals surface area contributed by atoms with Gasteiger partial charge in [-0.1, -0.05) is 0 Å². The Morgan fingerprint density at radius 1 is 1.09 bits per heavy atom. The number of hydrogen-bond acceptors (Lipinski definition) is 6. The number of nitrogens with one attached hydrogen (secondary N) is 2. The van der Waals surface area contributed by atoms with Crippen LogP contribution in [0.25, 0.3) is 11.3 Å². The van der Waals surface area contributed by atoms with Crippen molar-refractivity contribution < 1.29 is 14.3 Å². The van der Waals surface area contributed by atoms with Crippen LogP contribution in [-0.4, -0.2) is 32.4 Å². The first-order chi connectivity index (χ1) is 16.6. The Morgan fingerprint density at radius 3 is 2.94 bits per heavy atom. The fourth-order valence-corrected chi connectivity index (χ4v) is 4.48. The van der Waals surface area contributed by atoms with Gasteiger partial charge in [0.05, 0.1) is 24.4 Å². The highest BCUT2D eigenvalue weighted by Crippen LogP contribution is 2.37. The number of carbonyl (C=O) groups is 1. The van der Waals surface area contributed by atoms with E-state index in [-0.39, 0.29) is 11.8 Å². The fraction of sp³-hybridized carbons (Fsp3) is 0.231. The number of nitrogens with zero attached hydrogens (tertiary/aromatic N) is 3. The second-order valence-corrected chi connectivity index (χ2v) is 8.70. The molecule has 2 aliphatic heterocycles. The van der Waals surface area contributed by atoms with Gasteiger partial charge in [-0.15, -0.1) is 0 Å². The number of pyridine rings is 2. The van der Waals surface area contributed by atoms with Crippen LogP contribution >= 0.6 is 0 Å². The lowest BCUT2D eigenvalue weighted by molar-refractivity contribution is -0.116. The maximum Gasteiger partial charge on any atom is 0.225 e. The Bertz CT molecular complexity index is 1400. The number of hydrogen-bond donors (Lipinski definition) is 2. The maximum absolute atomic E-state index is 11.7. The first-order valence-electron chi connectivity index (χ1n) is 11.3. The van der Waals surface area contributed by atoms with Gasteiger partial charge in [0.1, 0.15) is 28.9 Å². The number of H-pyrrole nitrogens is 1. The zero-order chi connectivity index (χ0) is 23.1. The molecule has 6 rings (SSSR count). The smallest absolute Gasteiger partial charge is 0.225 e. The number of fused-ring (bicyclic) bond motifs is 2. The molecule has 0 bridgehead atoms. The van der Waals surface area contributed by atoms with Crippen molar-refractivity contribution in [2.75, 3.05) is 11.9 Å². The van der Waals surface area contributed by atoms with Gasteiger partial charge < -0.3 is 19.8 Å². The molecule has 0 spiro atoms. The van der Waals surface area contributed by atoms with E-state index in [1.165, 1.54) is 0 Å². The third kappa shape index (κ3) is 3.87. The van der Waals surface area contributed by atoms with Gasteiger partial charge in [-0.3, -0.25) is 9.78 Å². The predicted molar refractivity (Wildman–Crippen MR) is 126 cm³/mol. The van der Waals surface area contributed by atoms with Gasteiger partial charge in [-0.2, -0.15) is 0 Å². The van der Waals surface area contributed by atoms with Crippen molar-refractivity contribution in [3.8, 4) is 28.5 Å². The number of aromatic nitrogens is 4. The lowest BCUT2D eigenvalue weighted by Crippen LogP contribution is -2.20. The molecule has 8 nitrogen and oxygen atoms in total. The summed E-state index contributed by atoms with van der Waals surface area (Å²) < 4.78 is 12.3. The summed E-state index contributed by atoms with van der Waals surface area (Å²) in [6.07, 6.45) is 9.00. The molecular formula is C26H23N5O3. The zero-order valence-corrected chi connectivity index (χ0v) is 18.7. The summed E-state index contributed by atoms with van der Waals surface area (Å²) >= 11 is 0. The van der Waals surface area contributed by atoms with Crippen molar-refractivity contribution in [1.82, 2.24) is 19.9 Å². The molecule has 0 saturated heterocycles. The Morgan fingerprint density at radius 2 is 2.03 bits per heavy atom. The number of anilines is 1. The minimum Gasteiger partial charge on any atom is -0.493 e. The molecular weight excluding hydrogens is 430 g/mol. The van der Waals surface area contributed by atoms with Crippen molar-refractivity contribution in [3.63, 3.8) is 0 Å². The topological polar surface area (TPSA) is 102 Å². The third-order valence-corrected chi connectivity index (χ3v) is 6.21. The Kier molecular flexibility index (Phi) is 4.98. The molecule has 0 aliphatic carbocycles. The molecule has 170 valence electrons. The van der Waals surface area contributed by atoms with Gasteiger partial charge in [-0.25, -0.2) is 9.97 Å². The minimum atomic E-state index is -0.0196. The quantitative estimate of drug-likeness (QED) is 0.469. The fourth-order valence-electron chi connectivity index (χ4n) is 4.48. The third-order valence-electron chi connectivity index (χ3n) is 6.21. The summed E-state index contributed by atoms with van der Waals surface area (Å²) in [6, 6.07) is 9.79. The SMILES string of the molecule is Cc1cncc(-c2cnc(C3COc4ccc(Oc5ccnc6c5CCC(=O)N6)cc4C3)[nH]2)c1. The number of benzene rings is 1. The molecule has 0 saturated carbocycles. The van der Waals surface area contributed by atoms with E-state index in [2.05, 4.69) is 31.3 Å². The highest BCUT2D eigenvalue weighted by Gasteiger charge is 2.25. The van der Waals surface area contributed by atoms with E-state index >= 15 is 0 Å². The highest BCUT2D eigenvalue weighted by atomic mass is 16.5. The summed E-state index contributed by atoms with van der Waals surface area (Å²) in [5.74, 6) is 3.86. The van der Waals surface area contributed by atoms with Crippen molar-refractivity contribution in [2.45, 2.75) is 32.1 Å². The van der Waals surface area contributed by atoms with Gasteiger partial charge in [0.2, 0.25) is 5.91 Å². The second kappa shape index (κ2) is 8.30. The molecule has 2 aliphatic rings. The molecule has 1 atom stereocenters. The number of ether oxygens (including phenoxy) is 2. The van der Waals surface area contributed by atoms with E-state index in [1.807, 2.05) is 49.8 Å². The second-order valence-electron chi connectivity index (χ2n) is 8.70. The Balaban J connectivity index is 1.22. The van der Waals surface area contributed by atoms with E-state index in [1.54, 1.807) is 6.20 Å². The van der Waals surface area contributed by atoms with Crippen LogP contribution in [0.3, 0.4) is 0 Å². The molecule has 5 heterocycles. The van der Waals surface area contributed by atoms with Crippen LogP contribution in [0.15, 0.2) is 55.1 Å². The summed E-state index contributed by atoms with van der Waals surface area (Å²) in [7, 11) is 0. The summed E-state index contributed by atoms with van der Waals surface area (Å²) in [5.41, 5.74) is 5.06. The Labute approximate surface area is 196 Å². The summed E-state index contributed by atoms with van der Waals surface area (Å²) in [6.45, 7) is 2.58. The summed E-state index contributed by atoms with van der Waals surface area (Å²) in [4.78, 5) is 28.3. The van der Waals surface area contributed by atoms with Crippen LogP contribution in [0, 0.1) is 6.92 Å². The normalized spacial score (nSPS) is 16.7. The van der Waals surface area contributed by atoms with Crippen LogP contribution in [0.2, 0.25) is 0 Å². The molecule has 4 aromatic rings. The van der Waals surface area contributed by atoms with Crippen LogP contribution in [0.1, 0.15) is 34.9 Å². The Hall–Kier alpha value is -4.20. The highest BCUT2D eigenvalue weighted by molar-refractivity contribution is 5.93. The molecule has 8 heteroatoms. The van der Waals surface area contributed by atoms with Gasteiger partial charge in [0.25, 0.3) is 0 Å². The van der Waals surface area contributed by atoms with E-state index in [0.29, 0.717) is 31.0 Å². The lowest BCUT2D eigenvalue weighted by atomic mass is 9.96. The van der Waals surface area contributed by atoms with Crippen LogP contribution in [0.4, 0.5) is 5.82 Å². The van der Waals surface area contributed by atoms with Crippen LogP contribution in [-0.2, 0) is 17.6 Å². The van der Waals surface area contributed by atoms with Crippen LogP contribution in [0.5, 0.6) is 17.2 Å². The first-order valence-corrected chi connectivity index (χ1v) is 11.3. The average Bonchev–Trinajstić information content (AvgIpc) is 3.34. The van der Waals surface area contributed by atoms with E-state index < -0.39 is 0 Å². The number of amides is 1. The van der Waals surface area contributed by atoms with Gasteiger partial charge in [0, 0.05) is 36.1 Å². The van der Waals surface area contributed by atoms with Gasteiger partial charge in [0.15, 0.2) is 0 Å². The van der Waals surface area contributed by atoms with Crippen molar-refractivity contribution in [2.24, 2.45) is 0 Å². The standard InChI is InChI=1S/C26H23N5O3/c1-15-8-17(12-27-11-15)21-13-29-25(30-21)18-9-16-10-19(2-4-22(16)33-14-18)34-23-6-7-28-26-20(23)3-5-24(32)31-26/h2,4,6-8,10-13,18H,3,5,9,14H2,1H3,(H,29,30)(H,28,31,32). The average molecular weight is 454 g/mol. The lowest BCUT2D eigenvalue weighted by Gasteiger charge is -2.25. The number of aryl methyl sites for hydroxylation is 1. The maximum atomic E-state index is 11.7. The predicted octanol–water partition coefficient (Wildman–Crippen LogP) is 4.57.